The van der Waals surface area contributed by atoms with E-state index in [0.717, 1.165) is 16.6 Å². The maximum absolute atomic E-state index is 13.2. The summed E-state index contributed by atoms with van der Waals surface area (Å²) in [5, 5.41) is 5.67. The summed E-state index contributed by atoms with van der Waals surface area (Å²) in [6.07, 6.45) is 3.90. The molecule has 1 aliphatic rings. The molecule has 3 aromatic rings. The van der Waals surface area contributed by atoms with Gasteiger partial charge in [-0.3, -0.25) is 19.1 Å². The maximum atomic E-state index is 13.2. The largest absolute Gasteiger partial charge is 0.347 e. The van der Waals surface area contributed by atoms with Crippen molar-refractivity contribution in [1.82, 2.24) is 24.1 Å². The molecule has 4 rings (SSSR count). The van der Waals surface area contributed by atoms with Gasteiger partial charge in [-0.05, 0) is 17.5 Å². The van der Waals surface area contributed by atoms with Gasteiger partial charge in [0.1, 0.15) is 12.6 Å². The number of rotatable bonds is 3. The van der Waals surface area contributed by atoms with E-state index in [4.69, 9.17) is 0 Å². The molecule has 2 aromatic heterocycles. The van der Waals surface area contributed by atoms with E-state index in [2.05, 4.69) is 5.10 Å². The minimum absolute atomic E-state index is 0.115. The number of pyridine rings is 1. The van der Waals surface area contributed by atoms with Gasteiger partial charge in [-0.2, -0.15) is 5.10 Å². The van der Waals surface area contributed by atoms with Crippen molar-refractivity contribution in [3.05, 3.63) is 64.3 Å². The van der Waals surface area contributed by atoms with Crippen molar-refractivity contribution in [2.24, 2.45) is 7.05 Å². The van der Waals surface area contributed by atoms with Crippen LogP contribution >= 0.6 is 0 Å². The standard InChI is InChI=1S/C21H23N5O3/c1-23(2)21(29)19-16-12-22-24(3)17(16)9-11-26(19)18(27)13-25-10-8-14-6-4-5-7-15(14)20(25)28/h4-8,10,12,19H,9,11,13H2,1-3H3. The average molecular weight is 393 g/mol. The van der Waals surface area contributed by atoms with Gasteiger partial charge in [-0.25, -0.2) is 0 Å². The quantitative estimate of drug-likeness (QED) is 0.664. The molecule has 1 aromatic carbocycles. The Hall–Kier alpha value is -3.42. The zero-order chi connectivity index (χ0) is 20.7. The van der Waals surface area contributed by atoms with Crippen LogP contribution < -0.4 is 5.56 Å². The molecule has 0 fully saturated rings. The Morgan fingerprint density at radius 3 is 2.72 bits per heavy atom. The fourth-order valence-corrected chi connectivity index (χ4v) is 3.91. The second-order valence-corrected chi connectivity index (χ2v) is 7.48. The fourth-order valence-electron chi connectivity index (χ4n) is 3.91. The topological polar surface area (TPSA) is 80.4 Å². The normalized spacial score (nSPS) is 16.0. The summed E-state index contributed by atoms with van der Waals surface area (Å²) in [5.41, 5.74) is 1.49. The summed E-state index contributed by atoms with van der Waals surface area (Å²) in [5.74, 6) is -0.449. The van der Waals surface area contributed by atoms with Crippen LogP contribution in [-0.2, 0) is 29.6 Å². The van der Waals surface area contributed by atoms with E-state index in [1.54, 1.807) is 48.2 Å². The van der Waals surface area contributed by atoms with Gasteiger partial charge in [0, 0.05) is 56.9 Å². The molecular weight excluding hydrogens is 370 g/mol. The van der Waals surface area contributed by atoms with E-state index < -0.39 is 6.04 Å². The molecule has 0 N–H and O–H groups in total. The molecule has 1 unspecified atom stereocenters. The Labute approximate surface area is 167 Å². The van der Waals surface area contributed by atoms with Crippen LogP contribution in [0.2, 0.25) is 0 Å². The van der Waals surface area contributed by atoms with Crippen LogP contribution in [0.3, 0.4) is 0 Å². The second kappa shape index (κ2) is 7.20. The van der Waals surface area contributed by atoms with E-state index in [-0.39, 0.29) is 23.9 Å². The number of benzene rings is 1. The summed E-state index contributed by atoms with van der Waals surface area (Å²) in [6, 6.07) is 8.38. The third-order valence-corrected chi connectivity index (χ3v) is 5.48. The first-order chi connectivity index (χ1) is 13.9. The highest BCUT2D eigenvalue weighted by Crippen LogP contribution is 2.31. The molecule has 29 heavy (non-hydrogen) atoms. The Bertz CT molecular complexity index is 1160. The van der Waals surface area contributed by atoms with Gasteiger partial charge in [0.05, 0.1) is 6.20 Å². The lowest BCUT2D eigenvalue weighted by Gasteiger charge is -2.36. The molecule has 0 bridgehead atoms. The molecule has 1 atom stereocenters. The predicted molar refractivity (Wildman–Crippen MR) is 108 cm³/mol. The molecule has 0 saturated carbocycles. The van der Waals surface area contributed by atoms with Gasteiger partial charge in [0.2, 0.25) is 11.8 Å². The van der Waals surface area contributed by atoms with E-state index in [9.17, 15) is 14.4 Å². The number of likely N-dealkylation sites (N-methyl/N-ethyl adjacent to an activating group) is 1. The molecule has 8 heteroatoms. The Morgan fingerprint density at radius 2 is 1.97 bits per heavy atom. The highest BCUT2D eigenvalue weighted by molar-refractivity contribution is 5.89. The van der Waals surface area contributed by atoms with Crippen LogP contribution in [-0.4, -0.2) is 56.6 Å². The predicted octanol–water partition coefficient (Wildman–Crippen LogP) is 0.949. The third kappa shape index (κ3) is 3.20. The first-order valence-corrected chi connectivity index (χ1v) is 9.48. The third-order valence-electron chi connectivity index (χ3n) is 5.48. The minimum atomic E-state index is -0.730. The number of hydrogen-bond acceptors (Lipinski definition) is 4. The molecule has 0 saturated heterocycles. The zero-order valence-electron chi connectivity index (χ0n) is 16.7. The lowest BCUT2D eigenvalue weighted by molar-refractivity contribution is -0.145. The molecule has 3 heterocycles. The van der Waals surface area contributed by atoms with Crippen molar-refractivity contribution in [2.45, 2.75) is 19.0 Å². The number of fused-ring (bicyclic) bond motifs is 2. The maximum Gasteiger partial charge on any atom is 0.258 e. The van der Waals surface area contributed by atoms with Crippen molar-refractivity contribution in [3.63, 3.8) is 0 Å². The second-order valence-electron chi connectivity index (χ2n) is 7.48. The van der Waals surface area contributed by atoms with E-state index >= 15 is 0 Å². The lowest BCUT2D eigenvalue weighted by atomic mass is 9.97. The Kier molecular flexibility index (Phi) is 4.70. The van der Waals surface area contributed by atoms with Gasteiger partial charge in [-0.1, -0.05) is 18.2 Å². The van der Waals surface area contributed by atoms with Crippen LogP contribution in [0, 0.1) is 0 Å². The number of carbonyl (C=O) groups is 2. The lowest BCUT2D eigenvalue weighted by Crippen LogP contribution is -2.48. The van der Waals surface area contributed by atoms with Crippen LogP contribution in [0.15, 0.2) is 47.5 Å². The van der Waals surface area contributed by atoms with Crippen molar-refractivity contribution in [3.8, 4) is 0 Å². The highest BCUT2D eigenvalue weighted by Gasteiger charge is 2.38. The zero-order valence-corrected chi connectivity index (χ0v) is 16.7. The number of carbonyl (C=O) groups excluding carboxylic acids is 2. The number of aromatic nitrogens is 3. The summed E-state index contributed by atoms with van der Waals surface area (Å²) < 4.78 is 3.15. The van der Waals surface area contributed by atoms with Crippen LogP contribution in [0.1, 0.15) is 17.3 Å². The van der Waals surface area contributed by atoms with Crippen molar-refractivity contribution < 1.29 is 9.59 Å². The number of aryl methyl sites for hydroxylation is 1. The molecule has 150 valence electrons. The van der Waals surface area contributed by atoms with Crippen molar-refractivity contribution in [2.75, 3.05) is 20.6 Å². The monoisotopic (exact) mass is 393 g/mol. The van der Waals surface area contributed by atoms with E-state index in [1.807, 2.05) is 25.2 Å². The van der Waals surface area contributed by atoms with Gasteiger partial charge in [-0.15, -0.1) is 0 Å². The number of amides is 2. The molecule has 0 spiro atoms. The van der Waals surface area contributed by atoms with E-state index in [0.29, 0.717) is 18.4 Å². The first-order valence-electron chi connectivity index (χ1n) is 9.48. The highest BCUT2D eigenvalue weighted by atomic mass is 16.2. The van der Waals surface area contributed by atoms with Crippen LogP contribution in [0.25, 0.3) is 10.8 Å². The molecule has 0 aliphatic carbocycles. The summed E-state index contributed by atoms with van der Waals surface area (Å²) in [4.78, 5) is 41.9. The van der Waals surface area contributed by atoms with E-state index in [1.165, 1.54) is 9.47 Å². The smallest absolute Gasteiger partial charge is 0.258 e. The molecular formula is C21H23N5O3. The Balaban J connectivity index is 1.68. The van der Waals surface area contributed by atoms with Crippen LogP contribution in [0.4, 0.5) is 0 Å². The molecule has 8 nitrogen and oxygen atoms in total. The Morgan fingerprint density at radius 1 is 1.21 bits per heavy atom. The fraction of sp³-hybridized carbons (Fsp3) is 0.333. The number of nitrogens with zero attached hydrogens (tertiary/aromatic N) is 5. The number of hydrogen-bond donors (Lipinski definition) is 0. The van der Waals surface area contributed by atoms with Crippen LogP contribution in [0.5, 0.6) is 0 Å². The molecule has 0 radical (unpaired) electrons. The molecule has 2 amide bonds. The van der Waals surface area contributed by atoms with Gasteiger partial charge >= 0.3 is 0 Å². The molecule has 1 aliphatic heterocycles. The van der Waals surface area contributed by atoms with Gasteiger partial charge < -0.3 is 14.4 Å². The summed E-state index contributed by atoms with van der Waals surface area (Å²) in [7, 11) is 5.18. The van der Waals surface area contributed by atoms with Gasteiger partial charge in [0.15, 0.2) is 0 Å². The summed E-state index contributed by atoms with van der Waals surface area (Å²) in [6.45, 7) is 0.286. The van der Waals surface area contributed by atoms with Gasteiger partial charge in [0.25, 0.3) is 5.56 Å². The average Bonchev–Trinajstić information content (AvgIpc) is 3.10. The minimum Gasteiger partial charge on any atom is -0.347 e. The van der Waals surface area contributed by atoms with Crippen molar-refractivity contribution in [1.29, 1.82) is 0 Å². The SMILES string of the molecule is CN(C)C(=O)C1c2cnn(C)c2CCN1C(=O)Cn1ccc2ccccc2c1=O. The van der Waals surface area contributed by atoms with Crippen molar-refractivity contribution >= 4 is 22.6 Å². The summed E-state index contributed by atoms with van der Waals surface area (Å²) >= 11 is 0. The first kappa shape index (κ1) is 18.9.